The average molecular weight is 603 g/mol. The maximum atomic E-state index is 14.0. The van der Waals surface area contributed by atoms with Gasteiger partial charge in [0.15, 0.2) is 11.4 Å². The summed E-state index contributed by atoms with van der Waals surface area (Å²) >= 11 is 7.40. The summed E-state index contributed by atoms with van der Waals surface area (Å²) < 4.78 is 17.9. The molecule has 1 aliphatic rings. The van der Waals surface area contributed by atoms with Crippen molar-refractivity contribution in [1.82, 2.24) is 4.57 Å². The number of carbonyl (C=O) groups is 2. The Morgan fingerprint density at radius 3 is 2.43 bits per heavy atom. The molecule has 0 saturated heterocycles. The van der Waals surface area contributed by atoms with Crippen molar-refractivity contribution >= 4 is 46.6 Å². The smallest absolute Gasteiger partial charge is 0.344 e. The Morgan fingerprint density at radius 1 is 0.976 bits per heavy atom. The molecule has 0 fully saturated rings. The molecular formula is C32H27ClN2O6S. The predicted octanol–water partition coefficient (Wildman–Crippen LogP) is 4.53. The Bertz CT molecular complexity index is 1830. The SMILES string of the molecule is CCOC(=O)COc1cccc(/C=c2\sc3n(c2=O)[C@@H](c2ccc(Cl)cc2)C(C(=O)OCC)=C(c2ccccc2)N=3)c1. The van der Waals surface area contributed by atoms with Crippen LogP contribution in [0.15, 0.2) is 94.2 Å². The predicted molar refractivity (Wildman–Crippen MR) is 161 cm³/mol. The molecule has 1 aliphatic heterocycles. The zero-order chi connectivity index (χ0) is 29.6. The molecule has 2 heterocycles. The molecule has 0 amide bonds. The van der Waals surface area contributed by atoms with E-state index in [0.29, 0.717) is 36.9 Å². The van der Waals surface area contributed by atoms with Crippen LogP contribution in [-0.4, -0.2) is 36.3 Å². The first kappa shape index (κ1) is 29.0. The minimum absolute atomic E-state index is 0.163. The third kappa shape index (κ3) is 6.22. The molecule has 1 atom stereocenters. The summed E-state index contributed by atoms with van der Waals surface area (Å²) in [4.78, 5) is 44.5. The summed E-state index contributed by atoms with van der Waals surface area (Å²) in [6.45, 7) is 3.67. The maximum Gasteiger partial charge on any atom is 0.344 e. The zero-order valence-electron chi connectivity index (χ0n) is 22.9. The summed E-state index contributed by atoms with van der Waals surface area (Å²) in [6.07, 6.45) is 1.73. The Labute approximate surface area is 250 Å². The minimum Gasteiger partial charge on any atom is -0.482 e. The highest BCUT2D eigenvalue weighted by Gasteiger charge is 2.35. The van der Waals surface area contributed by atoms with Crippen LogP contribution in [0.25, 0.3) is 11.8 Å². The topological polar surface area (TPSA) is 96.2 Å². The van der Waals surface area contributed by atoms with Crippen LogP contribution in [0.1, 0.15) is 36.6 Å². The van der Waals surface area contributed by atoms with Gasteiger partial charge >= 0.3 is 11.9 Å². The molecule has 0 bridgehead atoms. The minimum atomic E-state index is -0.797. The molecule has 10 heteroatoms. The molecule has 8 nitrogen and oxygen atoms in total. The van der Waals surface area contributed by atoms with E-state index in [9.17, 15) is 14.4 Å². The van der Waals surface area contributed by atoms with Crippen molar-refractivity contribution < 1.29 is 23.8 Å². The molecule has 3 aromatic carbocycles. The van der Waals surface area contributed by atoms with Crippen LogP contribution in [0.2, 0.25) is 5.02 Å². The van der Waals surface area contributed by atoms with Gasteiger partial charge in [0.1, 0.15) is 5.75 Å². The van der Waals surface area contributed by atoms with Crippen molar-refractivity contribution in [2.24, 2.45) is 4.99 Å². The quantitative estimate of drug-likeness (QED) is 0.261. The van der Waals surface area contributed by atoms with E-state index in [1.54, 1.807) is 62.4 Å². The van der Waals surface area contributed by atoms with Crippen LogP contribution in [-0.2, 0) is 19.1 Å². The monoisotopic (exact) mass is 602 g/mol. The molecule has 1 aromatic heterocycles. The lowest BCUT2D eigenvalue weighted by Crippen LogP contribution is -2.40. The number of hydrogen-bond donors (Lipinski definition) is 0. The van der Waals surface area contributed by atoms with E-state index in [1.165, 1.54) is 15.9 Å². The van der Waals surface area contributed by atoms with Gasteiger partial charge in [-0.1, -0.05) is 77.5 Å². The Balaban J connectivity index is 1.67. The number of benzene rings is 3. The number of carbonyl (C=O) groups excluding carboxylic acids is 2. The second-order valence-electron chi connectivity index (χ2n) is 9.15. The number of fused-ring (bicyclic) bond motifs is 1. The summed E-state index contributed by atoms with van der Waals surface area (Å²) in [6, 6.07) is 22.6. The largest absolute Gasteiger partial charge is 0.482 e. The van der Waals surface area contributed by atoms with Crippen molar-refractivity contribution in [3.63, 3.8) is 0 Å². The van der Waals surface area contributed by atoms with Crippen LogP contribution in [0.4, 0.5) is 0 Å². The molecule has 0 radical (unpaired) electrons. The van der Waals surface area contributed by atoms with E-state index in [4.69, 9.17) is 30.8 Å². The zero-order valence-corrected chi connectivity index (χ0v) is 24.5. The van der Waals surface area contributed by atoms with Gasteiger partial charge in [0, 0.05) is 10.6 Å². The van der Waals surface area contributed by atoms with E-state index in [1.807, 2.05) is 36.4 Å². The van der Waals surface area contributed by atoms with Gasteiger partial charge in [-0.3, -0.25) is 9.36 Å². The number of rotatable bonds is 9. The fourth-order valence-electron chi connectivity index (χ4n) is 4.59. The van der Waals surface area contributed by atoms with Crippen molar-refractivity contribution in [3.8, 4) is 5.75 Å². The number of aromatic nitrogens is 1. The lowest BCUT2D eigenvalue weighted by molar-refractivity contribution is -0.145. The van der Waals surface area contributed by atoms with E-state index in [2.05, 4.69) is 0 Å². The van der Waals surface area contributed by atoms with Gasteiger partial charge in [0.25, 0.3) is 5.56 Å². The number of halogens is 1. The number of esters is 2. The molecule has 0 saturated carbocycles. The highest BCUT2D eigenvalue weighted by molar-refractivity contribution is 7.07. The van der Waals surface area contributed by atoms with E-state index in [-0.39, 0.29) is 31.0 Å². The van der Waals surface area contributed by atoms with Gasteiger partial charge in [-0.15, -0.1) is 0 Å². The lowest BCUT2D eigenvalue weighted by Gasteiger charge is -2.25. The van der Waals surface area contributed by atoms with Gasteiger partial charge in [-0.25, -0.2) is 14.6 Å². The fraction of sp³-hybridized carbons (Fsp3) is 0.188. The van der Waals surface area contributed by atoms with Crippen molar-refractivity contribution in [2.75, 3.05) is 19.8 Å². The van der Waals surface area contributed by atoms with Crippen LogP contribution >= 0.6 is 22.9 Å². The van der Waals surface area contributed by atoms with Crippen LogP contribution in [0.5, 0.6) is 5.75 Å². The van der Waals surface area contributed by atoms with Gasteiger partial charge in [0.05, 0.1) is 35.1 Å². The number of hydrogen-bond acceptors (Lipinski definition) is 8. The van der Waals surface area contributed by atoms with E-state index < -0.39 is 18.0 Å². The first-order valence-electron chi connectivity index (χ1n) is 13.3. The van der Waals surface area contributed by atoms with Crippen molar-refractivity contribution in [3.05, 3.63) is 126 Å². The Morgan fingerprint density at radius 2 is 1.71 bits per heavy atom. The molecule has 0 spiro atoms. The first-order valence-corrected chi connectivity index (χ1v) is 14.5. The molecule has 0 unspecified atom stereocenters. The Hall–Kier alpha value is -4.47. The van der Waals surface area contributed by atoms with Crippen LogP contribution < -0.4 is 19.6 Å². The number of ether oxygens (including phenoxy) is 3. The summed E-state index contributed by atoms with van der Waals surface area (Å²) in [5.41, 5.74) is 2.49. The summed E-state index contributed by atoms with van der Waals surface area (Å²) in [5.74, 6) is -0.564. The third-order valence-electron chi connectivity index (χ3n) is 6.38. The summed E-state index contributed by atoms with van der Waals surface area (Å²) in [5, 5.41) is 0.529. The van der Waals surface area contributed by atoms with Gasteiger partial charge < -0.3 is 14.2 Å². The fourth-order valence-corrected chi connectivity index (χ4v) is 5.72. The third-order valence-corrected chi connectivity index (χ3v) is 7.61. The van der Waals surface area contributed by atoms with Crippen molar-refractivity contribution in [2.45, 2.75) is 19.9 Å². The molecule has 0 aliphatic carbocycles. The molecule has 42 heavy (non-hydrogen) atoms. The number of thiazole rings is 1. The van der Waals surface area contributed by atoms with Gasteiger partial charge in [0.2, 0.25) is 0 Å². The van der Waals surface area contributed by atoms with E-state index in [0.717, 1.165) is 5.56 Å². The molecule has 4 aromatic rings. The standard InChI is InChI=1S/C32H27ClN2O6S/c1-3-39-26(36)19-41-24-12-8-9-20(17-24)18-25-30(37)35-29(22-13-15-23(33)16-14-22)27(31(38)40-4-2)28(34-32(35)42-25)21-10-6-5-7-11-21/h5-18,29H,3-4,19H2,1-2H3/b25-18-/t29-/m0/s1. The average Bonchev–Trinajstić information content (AvgIpc) is 3.30. The first-order chi connectivity index (χ1) is 20.4. The molecule has 214 valence electrons. The molecular weight excluding hydrogens is 576 g/mol. The second-order valence-corrected chi connectivity index (χ2v) is 10.6. The lowest BCUT2D eigenvalue weighted by atomic mass is 9.93. The van der Waals surface area contributed by atoms with Crippen molar-refractivity contribution in [1.29, 1.82) is 0 Å². The Kier molecular flexibility index (Phi) is 9.00. The van der Waals surface area contributed by atoms with Gasteiger partial charge in [-0.2, -0.15) is 0 Å². The highest BCUT2D eigenvalue weighted by atomic mass is 35.5. The second kappa shape index (κ2) is 13.0. The van der Waals surface area contributed by atoms with E-state index >= 15 is 0 Å². The van der Waals surface area contributed by atoms with Crippen LogP contribution in [0.3, 0.4) is 0 Å². The summed E-state index contributed by atoms with van der Waals surface area (Å²) in [7, 11) is 0. The maximum absolute atomic E-state index is 14.0. The normalized spacial score (nSPS) is 14.6. The van der Waals surface area contributed by atoms with Crippen LogP contribution in [0, 0.1) is 0 Å². The highest BCUT2D eigenvalue weighted by Crippen LogP contribution is 2.35. The number of nitrogens with zero attached hydrogens (tertiary/aromatic N) is 2. The van der Waals surface area contributed by atoms with Gasteiger partial charge in [-0.05, 0) is 55.3 Å². The molecule has 5 rings (SSSR count). The molecule has 0 N–H and O–H groups in total.